The molecule has 6 nitrogen and oxygen atoms in total. The Kier molecular flexibility index (Phi) is 4.75. The van der Waals surface area contributed by atoms with Crippen LogP contribution in [0.5, 0.6) is 0 Å². The number of aromatic amines is 2. The Morgan fingerprint density at radius 2 is 1.21 bits per heavy atom. The highest BCUT2D eigenvalue weighted by atomic mass is 15.1. The lowest BCUT2D eigenvalue weighted by molar-refractivity contribution is 0.486. The van der Waals surface area contributed by atoms with E-state index in [1.54, 1.807) is 0 Å². The Balaban J connectivity index is 1.46. The summed E-state index contributed by atoms with van der Waals surface area (Å²) in [6, 6.07) is 13.4. The number of hydrogen-bond donors (Lipinski definition) is 4. The van der Waals surface area contributed by atoms with Crippen LogP contribution in [0.2, 0.25) is 0 Å². The van der Waals surface area contributed by atoms with E-state index in [-0.39, 0.29) is 5.41 Å². The van der Waals surface area contributed by atoms with E-state index in [2.05, 4.69) is 93.2 Å². The molecule has 2 aromatic carbocycles. The second-order valence-electron chi connectivity index (χ2n) is 9.03. The fourth-order valence-electron chi connectivity index (χ4n) is 5.68. The van der Waals surface area contributed by atoms with E-state index in [1.165, 1.54) is 21.9 Å². The Bertz CT molecular complexity index is 1290. The number of hydrogen-bond acceptors (Lipinski definition) is 4. The van der Waals surface area contributed by atoms with E-state index in [0.29, 0.717) is 0 Å². The van der Waals surface area contributed by atoms with Crippen LogP contribution >= 0.6 is 0 Å². The second-order valence-corrected chi connectivity index (χ2v) is 9.03. The summed E-state index contributed by atoms with van der Waals surface area (Å²) in [7, 11) is 0. The maximum Gasteiger partial charge on any atom is 0.128 e. The van der Waals surface area contributed by atoms with Crippen LogP contribution in [0, 0.1) is 0 Å². The van der Waals surface area contributed by atoms with Gasteiger partial charge in [0.1, 0.15) is 11.7 Å². The number of amidine groups is 2. The van der Waals surface area contributed by atoms with E-state index in [1.807, 2.05) is 0 Å². The van der Waals surface area contributed by atoms with Crippen LogP contribution in [0.3, 0.4) is 0 Å². The van der Waals surface area contributed by atoms with Gasteiger partial charge >= 0.3 is 0 Å². The van der Waals surface area contributed by atoms with E-state index >= 15 is 0 Å². The van der Waals surface area contributed by atoms with Gasteiger partial charge < -0.3 is 20.6 Å². The minimum absolute atomic E-state index is 0.0776. The first kappa shape index (κ1) is 20.1. The highest BCUT2D eigenvalue weighted by Crippen LogP contribution is 2.45. The summed E-state index contributed by atoms with van der Waals surface area (Å²) in [6.45, 7) is 8.15. The van der Waals surface area contributed by atoms with Crippen molar-refractivity contribution in [2.24, 2.45) is 9.98 Å². The van der Waals surface area contributed by atoms with Crippen LogP contribution in [0.4, 0.5) is 0 Å². The first-order valence-electron chi connectivity index (χ1n) is 12.0. The number of rotatable bonds is 6. The maximum absolute atomic E-state index is 4.59. The largest absolute Gasteiger partial charge is 0.368 e. The first-order valence-corrected chi connectivity index (χ1v) is 12.0. The molecule has 4 N–H and O–H groups in total. The van der Waals surface area contributed by atoms with Crippen LogP contribution in [-0.2, 0) is 5.41 Å². The molecule has 33 heavy (non-hydrogen) atoms. The zero-order valence-corrected chi connectivity index (χ0v) is 19.3. The van der Waals surface area contributed by atoms with E-state index in [0.717, 1.165) is 72.9 Å². The summed E-state index contributed by atoms with van der Waals surface area (Å²) < 4.78 is 0. The van der Waals surface area contributed by atoms with Gasteiger partial charge in [-0.25, -0.2) is 0 Å². The summed E-state index contributed by atoms with van der Waals surface area (Å²) in [6.07, 6.45) is 6.48. The van der Waals surface area contributed by atoms with Gasteiger partial charge in [0.2, 0.25) is 0 Å². The lowest BCUT2D eigenvalue weighted by Crippen LogP contribution is -2.25. The van der Waals surface area contributed by atoms with Crippen molar-refractivity contribution in [2.75, 3.05) is 26.2 Å². The molecule has 0 aliphatic carbocycles. The lowest BCUT2D eigenvalue weighted by atomic mass is 9.70. The molecule has 0 spiro atoms. The number of aliphatic imine (C=N–C) groups is 2. The Morgan fingerprint density at radius 1 is 0.727 bits per heavy atom. The van der Waals surface area contributed by atoms with Gasteiger partial charge in [0.25, 0.3) is 0 Å². The second kappa shape index (κ2) is 7.80. The van der Waals surface area contributed by atoms with Crippen molar-refractivity contribution in [1.82, 2.24) is 20.6 Å². The van der Waals surface area contributed by atoms with Crippen LogP contribution in [0.15, 0.2) is 58.8 Å². The van der Waals surface area contributed by atoms with Crippen LogP contribution in [0.1, 0.15) is 48.9 Å². The van der Waals surface area contributed by atoms with Crippen molar-refractivity contribution >= 4 is 33.5 Å². The average Bonchev–Trinajstić information content (AvgIpc) is 3.67. The predicted octanol–water partition coefficient (Wildman–Crippen LogP) is 4.45. The molecule has 2 aliphatic rings. The highest BCUT2D eigenvalue weighted by molar-refractivity contribution is 6.04. The fraction of sp³-hybridized carbons (Fsp3) is 0.333. The Labute approximate surface area is 193 Å². The molecule has 0 fully saturated rings. The zero-order valence-electron chi connectivity index (χ0n) is 19.3. The van der Waals surface area contributed by atoms with Gasteiger partial charge in [-0.1, -0.05) is 38.1 Å². The molecule has 2 aliphatic heterocycles. The molecule has 6 rings (SSSR count). The molecule has 4 aromatic rings. The van der Waals surface area contributed by atoms with Crippen molar-refractivity contribution in [3.05, 3.63) is 71.0 Å². The van der Waals surface area contributed by atoms with E-state index < -0.39 is 0 Å². The van der Waals surface area contributed by atoms with Gasteiger partial charge in [-0.05, 0) is 36.1 Å². The van der Waals surface area contributed by atoms with Crippen molar-refractivity contribution in [3.8, 4) is 0 Å². The predicted molar refractivity (Wildman–Crippen MR) is 137 cm³/mol. The molecule has 0 unspecified atom stereocenters. The third-order valence-corrected chi connectivity index (χ3v) is 7.50. The van der Waals surface area contributed by atoms with Crippen LogP contribution < -0.4 is 10.6 Å². The molecule has 0 radical (unpaired) electrons. The summed E-state index contributed by atoms with van der Waals surface area (Å²) in [5, 5.41) is 9.34. The summed E-state index contributed by atoms with van der Waals surface area (Å²) in [5.41, 5.74) is 7.27. The minimum atomic E-state index is -0.0776. The highest BCUT2D eigenvalue weighted by Gasteiger charge is 2.35. The molecule has 0 saturated heterocycles. The van der Waals surface area contributed by atoms with Gasteiger partial charge in [0.15, 0.2) is 0 Å². The number of nitrogens with zero attached hydrogens (tertiary/aromatic N) is 2. The summed E-state index contributed by atoms with van der Waals surface area (Å²) in [5.74, 6) is 2.00. The van der Waals surface area contributed by atoms with E-state index in [4.69, 9.17) is 0 Å². The third kappa shape index (κ3) is 3.08. The molecule has 6 heteroatoms. The fourth-order valence-corrected chi connectivity index (χ4v) is 5.68. The Hall–Kier alpha value is -3.54. The molecular weight excluding hydrogens is 408 g/mol. The number of fused-ring (bicyclic) bond motifs is 2. The maximum atomic E-state index is 4.59. The molecule has 0 saturated carbocycles. The number of nitrogens with one attached hydrogen (secondary N) is 4. The van der Waals surface area contributed by atoms with Gasteiger partial charge in [-0.2, -0.15) is 0 Å². The molecule has 0 atom stereocenters. The van der Waals surface area contributed by atoms with Crippen LogP contribution in [0.25, 0.3) is 21.8 Å². The van der Waals surface area contributed by atoms with Crippen molar-refractivity contribution in [1.29, 1.82) is 0 Å². The molecule has 168 valence electrons. The van der Waals surface area contributed by atoms with Gasteiger partial charge in [-0.15, -0.1) is 0 Å². The van der Waals surface area contributed by atoms with Gasteiger partial charge in [0, 0.05) is 63.8 Å². The summed E-state index contributed by atoms with van der Waals surface area (Å²) >= 11 is 0. The summed E-state index contributed by atoms with van der Waals surface area (Å²) in [4.78, 5) is 16.3. The first-order chi connectivity index (χ1) is 16.2. The van der Waals surface area contributed by atoms with Crippen molar-refractivity contribution in [3.63, 3.8) is 0 Å². The van der Waals surface area contributed by atoms with Crippen LogP contribution in [-0.4, -0.2) is 47.8 Å². The molecule has 0 amide bonds. The normalized spacial score (nSPS) is 16.2. The standard InChI is InChI=1S/C27H30N6/c1-3-27(4-2,21-15-32-23-13-17(5-7-19(21)23)25-28-9-10-29-25)22-16-33-24-14-18(6-8-20(22)24)26-30-11-12-31-26/h5-8,13-16,32-33H,3-4,9-12H2,1-2H3,(H,28,29)(H,30,31). The molecule has 4 heterocycles. The monoisotopic (exact) mass is 438 g/mol. The van der Waals surface area contributed by atoms with Gasteiger partial charge in [-0.3, -0.25) is 9.98 Å². The molecule has 2 aromatic heterocycles. The van der Waals surface area contributed by atoms with Gasteiger partial charge in [0.05, 0.1) is 13.1 Å². The number of aromatic nitrogens is 2. The minimum Gasteiger partial charge on any atom is -0.368 e. The quantitative estimate of drug-likeness (QED) is 0.359. The molecular formula is C27H30N6. The third-order valence-electron chi connectivity index (χ3n) is 7.50. The zero-order chi connectivity index (χ0) is 22.4. The Morgan fingerprint density at radius 3 is 1.61 bits per heavy atom. The van der Waals surface area contributed by atoms with Crippen molar-refractivity contribution in [2.45, 2.75) is 32.1 Å². The number of H-pyrrole nitrogens is 2. The smallest absolute Gasteiger partial charge is 0.128 e. The SMILES string of the molecule is CCC(CC)(c1c[nH]c2cc(C3=NCCN3)ccc12)c1c[nH]c2cc(C3=NCCN3)ccc12. The van der Waals surface area contributed by atoms with Crippen molar-refractivity contribution < 1.29 is 0 Å². The van der Waals surface area contributed by atoms with E-state index in [9.17, 15) is 0 Å². The molecule has 0 bridgehead atoms. The lowest BCUT2D eigenvalue weighted by Gasteiger charge is -2.32. The number of benzene rings is 2. The topological polar surface area (TPSA) is 80.4 Å². The average molecular weight is 439 g/mol.